The Morgan fingerprint density at radius 1 is 0.639 bits per heavy atom. The molecule has 1 atom stereocenters. The van der Waals surface area contributed by atoms with Gasteiger partial charge in [0.05, 0.1) is 41.5 Å². The number of aromatic carboxylic acids is 1. The number of phenolic OH excluding ortho intramolecular Hbond substituents is 1. The standard InChI is InChI=1S/C44H39N7O10/c1-24(2)23-61-38-34(20-19-33(37(38)53)42(57)48-31-17-11-29(12-18-31)44(59)60)50-40(55)27-9-15-32(16-10-27)49-43(58)35(21-36(46)52)51-41(56)28-7-13-30(14-8-28)47-39(54)26-5-3-25(22-45)4-6-26/h3-20,24,35,53H,21,23H2,1-2H3,(H2,46,52)(H,47,54)(H,48,57)(H,49,58)(H,50,55)(H,51,56)(H,59,60)/t35-/m0/s1. The van der Waals surface area contributed by atoms with E-state index in [4.69, 9.17) is 20.8 Å². The van der Waals surface area contributed by atoms with Crippen molar-refractivity contribution in [2.45, 2.75) is 26.3 Å². The lowest BCUT2D eigenvalue weighted by Crippen LogP contribution is -2.46. The van der Waals surface area contributed by atoms with E-state index in [1.54, 1.807) is 0 Å². The fourth-order valence-corrected chi connectivity index (χ4v) is 5.53. The van der Waals surface area contributed by atoms with Crippen LogP contribution in [0.25, 0.3) is 0 Å². The molecule has 0 aromatic heterocycles. The number of phenols is 1. The van der Waals surface area contributed by atoms with Gasteiger partial charge >= 0.3 is 5.97 Å². The molecule has 6 amide bonds. The Bertz CT molecular complexity index is 2520. The predicted octanol–water partition coefficient (Wildman–Crippen LogP) is 5.37. The zero-order valence-corrected chi connectivity index (χ0v) is 32.6. The molecule has 0 saturated heterocycles. The number of aromatic hydroxyl groups is 1. The molecule has 0 radical (unpaired) electrons. The van der Waals surface area contributed by atoms with E-state index in [2.05, 4.69) is 26.6 Å². The third-order valence-corrected chi connectivity index (χ3v) is 8.70. The van der Waals surface area contributed by atoms with Gasteiger partial charge in [-0.25, -0.2) is 4.79 Å². The van der Waals surface area contributed by atoms with Crippen LogP contribution in [0, 0.1) is 17.2 Å². The number of anilines is 4. The smallest absolute Gasteiger partial charge is 0.335 e. The topological polar surface area (TPSA) is 279 Å². The SMILES string of the molecule is CC(C)COc1c(NC(=O)c2ccc(NC(=O)[C@H](CC(N)=O)NC(=O)c3ccc(NC(=O)c4ccc(C#N)cc4)cc3)cc2)ccc(C(=O)Nc2ccc(C(=O)O)cc2)c1O. The van der Waals surface area contributed by atoms with Gasteiger partial charge in [0.1, 0.15) is 6.04 Å². The number of ether oxygens (including phenoxy) is 1. The van der Waals surface area contributed by atoms with E-state index in [0.29, 0.717) is 16.8 Å². The molecule has 0 spiro atoms. The van der Waals surface area contributed by atoms with Crippen LogP contribution in [0.2, 0.25) is 0 Å². The highest BCUT2D eigenvalue weighted by Crippen LogP contribution is 2.39. The van der Waals surface area contributed by atoms with Crippen LogP contribution in [-0.2, 0) is 9.59 Å². The monoisotopic (exact) mass is 825 g/mol. The van der Waals surface area contributed by atoms with Crippen molar-refractivity contribution >= 4 is 64.2 Å². The van der Waals surface area contributed by atoms with Crippen LogP contribution in [-0.4, -0.2) is 64.3 Å². The van der Waals surface area contributed by atoms with Crippen LogP contribution in [0.5, 0.6) is 11.5 Å². The number of hydrogen-bond acceptors (Lipinski definition) is 10. The third-order valence-electron chi connectivity index (χ3n) is 8.70. The van der Waals surface area contributed by atoms with E-state index < -0.39 is 59.6 Å². The molecule has 5 rings (SSSR count). The van der Waals surface area contributed by atoms with Gasteiger partial charge in [-0.05, 0) is 115 Å². The van der Waals surface area contributed by atoms with E-state index in [0.717, 1.165) is 0 Å². The fourth-order valence-electron chi connectivity index (χ4n) is 5.53. The summed E-state index contributed by atoms with van der Waals surface area (Å²) in [5.74, 6) is -5.98. The van der Waals surface area contributed by atoms with Crippen molar-refractivity contribution < 1.29 is 48.5 Å². The van der Waals surface area contributed by atoms with E-state index in [1.165, 1.54) is 109 Å². The van der Waals surface area contributed by atoms with Gasteiger partial charge in [0.25, 0.3) is 23.6 Å². The molecule has 0 bridgehead atoms. The van der Waals surface area contributed by atoms with E-state index in [9.17, 15) is 38.7 Å². The lowest BCUT2D eigenvalue weighted by Gasteiger charge is -2.18. The summed E-state index contributed by atoms with van der Waals surface area (Å²) in [6, 6.07) is 26.0. The number of carbonyl (C=O) groups excluding carboxylic acids is 6. The minimum absolute atomic E-state index is 0.00160. The summed E-state index contributed by atoms with van der Waals surface area (Å²) in [7, 11) is 0. The Kier molecular flexibility index (Phi) is 14.1. The highest BCUT2D eigenvalue weighted by atomic mass is 16.5. The van der Waals surface area contributed by atoms with Crippen molar-refractivity contribution in [3.63, 3.8) is 0 Å². The molecule has 0 aliphatic rings. The summed E-state index contributed by atoms with van der Waals surface area (Å²) < 4.78 is 5.81. The lowest BCUT2D eigenvalue weighted by molar-refractivity contribution is -0.123. The molecule has 0 aliphatic heterocycles. The average Bonchev–Trinajstić information content (AvgIpc) is 3.23. The molecule has 5 aromatic rings. The van der Waals surface area contributed by atoms with Crippen molar-refractivity contribution in [1.82, 2.24) is 5.32 Å². The minimum atomic E-state index is -1.39. The lowest BCUT2D eigenvalue weighted by atomic mass is 10.1. The maximum Gasteiger partial charge on any atom is 0.335 e. The predicted molar refractivity (Wildman–Crippen MR) is 223 cm³/mol. The summed E-state index contributed by atoms with van der Waals surface area (Å²) in [5.41, 5.74) is 7.08. The number of nitriles is 1. The Hall–Kier alpha value is -8.52. The Labute approximate surface area is 348 Å². The van der Waals surface area contributed by atoms with Gasteiger partial charge in [-0.2, -0.15) is 5.26 Å². The molecule has 0 aliphatic carbocycles. The van der Waals surface area contributed by atoms with Gasteiger partial charge in [-0.1, -0.05) is 13.8 Å². The number of amides is 6. The number of rotatable bonds is 16. The maximum absolute atomic E-state index is 13.3. The van der Waals surface area contributed by atoms with Crippen molar-refractivity contribution in [3.05, 3.63) is 143 Å². The summed E-state index contributed by atoms with van der Waals surface area (Å²) in [4.78, 5) is 88.4. The second-order valence-corrected chi connectivity index (χ2v) is 13.8. The molecule has 61 heavy (non-hydrogen) atoms. The number of nitrogens with two attached hydrogens (primary N) is 1. The highest BCUT2D eigenvalue weighted by Gasteiger charge is 2.25. The van der Waals surface area contributed by atoms with Crippen LogP contribution in [0.15, 0.2) is 109 Å². The zero-order valence-electron chi connectivity index (χ0n) is 32.6. The molecule has 9 N–H and O–H groups in total. The molecule has 17 nitrogen and oxygen atoms in total. The highest BCUT2D eigenvalue weighted by molar-refractivity contribution is 6.10. The van der Waals surface area contributed by atoms with Gasteiger partial charge in [-0.15, -0.1) is 0 Å². The normalized spacial score (nSPS) is 11.0. The van der Waals surface area contributed by atoms with Crippen molar-refractivity contribution in [2.75, 3.05) is 27.9 Å². The van der Waals surface area contributed by atoms with Gasteiger partial charge in [0.2, 0.25) is 11.8 Å². The molecule has 0 heterocycles. The van der Waals surface area contributed by atoms with Crippen LogP contribution in [0.1, 0.15) is 77.6 Å². The Balaban J connectivity index is 1.22. The van der Waals surface area contributed by atoms with Crippen molar-refractivity contribution in [1.29, 1.82) is 5.26 Å². The van der Waals surface area contributed by atoms with Crippen LogP contribution in [0.3, 0.4) is 0 Å². The van der Waals surface area contributed by atoms with E-state index in [1.807, 2.05) is 19.9 Å². The van der Waals surface area contributed by atoms with E-state index in [-0.39, 0.29) is 57.6 Å². The largest absolute Gasteiger partial charge is 0.504 e. The Morgan fingerprint density at radius 3 is 1.62 bits per heavy atom. The summed E-state index contributed by atoms with van der Waals surface area (Å²) in [5, 5.41) is 42.2. The first-order chi connectivity index (χ1) is 29.1. The first kappa shape index (κ1) is 43.6. The molecule has 0 unspecified atom stereocenters. The van der Waals surface area contributed by atoms with Gasteiger partial charge in [-0.3, -0.25) is 28.8 Å². The molecule has 17 heteroatoms. The first-order valence-electron chi connectivity index (χ1n) is 18.5. The molecule has 0 saturated carbocycles. The number of hydrogen-bond donors (Lipinski definition) is 8. The number of carboxylic acid groups (broad SMARTS) is 1. The number of primary amides is 1. The molecule has 0 fully saturated rings. The van der Waals surface area contributed by atoms with Crippen LogP contribution < -0.4 is 37.1 Å². The molecule has 5 aromatic carbocycles. The maximum atomic E-state index is 13.3. The van der Waals surface area contributed by atoms with Crippen molar-refractivity contribution in [2.24, 2.45) is 11.7 Å². The number of nitrogens with one attached hydrogen (secondary N) is 5. The number of carboxylic acids is 1. The number of nitrogens with zero attached hydrogens (tertiary/aromatic N) is 1. The van der Waals surface area contributed by atoms with Gasteiger partial charge in [0.15, 0.2) is 11.5 Å². The quantitative estimate of drug-likeness (QED) is 0.0626. The van der Waals surface area contributed by atoms with Gasteiger partial charge < -0.3 is 47.3 Å². The Morgan fingerprint density at radius 2 is 1.11 bits per heavy atom. The zero-order chi connectivity index (χ0) is 44.2. The van der Waals surface area contributed by atoms with Gasteiger partial charge in [0, 0.05) is 33.8 Å². The second kappa shape index (κ2) is 19.8. The molecule has 310 valence electrons. The first-order valence-corrected chi connectivity index (χ1v) is 18.5. The summed E-state index contributed by atoms with van der Waals surface area (Å²) in [6.07, 6.45) is -0.537. The van der Waals surface area contributed by atoms with E-state index >= 15 is 0 Å². The minimum Gasteiger partial charge on any atom is -0.504 e. The van der Waals surface area contributed by atoms with Crippen molar-refractivity contribution in [3.8, 4) is 17.6 Å². The number of benzene rings is 5. The molecular formula is C44H39N7O10. The number of carbonyl (C=O) groups is 7. The molecular weight excluding hydrogens is 787 g/mol. The fraction of sp³-hybridized carbons (Fsp3) is 0.136. The van der Waals surface area contributed by atoms with Crippen LogP contribution in [0.4, 0.5) is 22.7 Å². The second-order valence-electron chi connectivity index (χ2n) is 13.8. The summed E-state index contributed by atoms with van der Waals surface area (Å²) >= 11 is 0. The summed E-state index contributed by atoms with van der Waals surface area (Å²) in [6.45, 7) is 3.85. The van der Waals surface area contributed by atoms with Crippen LogP contribution >= 0.6 is 0 Å². The third kappa shape index (κ3) is 11.8. The average molecular weight is 826 g/mol.